The summed E-state index contributed by atoms with van der Waals surface area (Å²) < 4.78 is 27.3. The number of hydrogen-bond donors (Lipinski definition) is 1. The van der Waals surface area contributed by atoms with E-state index in [-0.39, 0.29) is 24.6 Å². The van der Waals surface area contributed by atoms with Gasteiger partial charge >= 0.3 is 0 Å². The Balaban J connectivity index is 1.90. The molecule has 2 aromatic carbocycles. The highest BCUT2D eigenvalue weighted by atomic mass is 19.2. The molecule has 0 aliphatic carbocycles. The Morgan fingerprint density at radius 2 is 1.88 bits per heavy atom. The second-order valence-electron chi connectivity index (χ2n) is 5.60. The summed E-state index contributed by atoms with van der Waals surface area (Å²) in [7, 11) is 0. The molecule has 3 rings (SSSR count). The van der Waals surface area contributed by atoms with Gasteiger partial charge in [0.1, 0.15) is 6.04 Å². The lowest BCUT2D eigenvalue weighted by molar-refractivity contribution is -0.127. The van der Waals surface area contributed by atoms with Gasteiger partial charge in [-0.15, -0.1) is 0 Å². The van der Waals surface area contributed by atoms with Crippen LogP contribution in [-0.4, -0.2) is 35.8 Å². The SMILES string of the molecule is O=C1NCCN(C(=O)c2cccc(F)c2F)[C@@H]1Cc1ccccc1. The second kappa shape index (κ2) is 6.78. The molecule has 1 aliphatic heterocycles. The average Bonchev–Trinajstić information content (AvgIpc) is 2.59. The fourth-order valence-electron chi connectivity index (χ4n) is 2.82. The summed E-state index contributed by atoms with van der Waals surface area (Å²) in [6.45, 7) is 0.533. The quantitative estimate of drug-likeness (QED) is 0.937. The Labute approximate surface area is 138 Å². The largest absolute Gasteiger partial charge is 0.353 e. The zero-order chi connectivity index (χ0) is 17.1. The summed E-state index contributed by atoms with van der Waals surface area (Å²) in [6, 6.07) is 12.0. The van der Waals surface area contributed by atoms with Crippen molar-refractivity contribution < 1.29 is 18.4 Å². The van der Waals surface area contributed by atoms with E-state index in [2.05, 4.69) is 5.32 Å². The minimum absolute atomic E-state index is 0.248. The molecule has 1 N–H and O–H groups in total. The van der Waals surface area contributed by atoms with Crippen LogP contribution in [0, 0.1) is 11.6 Å². The molecule has 24 heavy (non-hydrogen) atoms. The highest BCUT2D eigenvalue weighted by Crippen LogP contribution is 2.19. The van der Waals surface area contributed by atoms with Crippen molar-refractivity contribution in [2.45, 2.75) is 12.5 Å². The molecule has 1 atom stereocenters. The van der Waals surface area contributed by atoms with Gasteiger partial charge in [-0.05, 0) is 17.7 Å². The van der Waals surface area contributed by atoms with Gasteiger partial charge in [-0.3, -0.25) is 9.59 Å². The number of hydrogen-bond acceptors (Lipinski definition) is 2. The fraction of sp³-hybridized carbons (Fsp3) is 0.222. The molecule has 2 amide bonds. The van der Waals surface area contributed by atoms with E-state index in [1.165, 1.54) is 17.0 Å². The predicted molar refractivity (Wildman–Crippen MR) is 84.3 cm³/mol. The van der Waals surface area contributed by atoms with Crippen molar-refractivity contribution >= 4 is 11.8 Å². The molecule has 1 saturated heterocycles. The Kier molecular flexibility index (Phi) is 4.55. The molecule has 124 valence electrons. The van der Waals surface area contributed by atoms with Gasteiger partial charge in [0, 0.05) is 19.5 Å². The summed E-state index contributed by atoms with van der Waals surface area (Å²) >= 11 is 0. The van der Waals surface area contributed by atoms with Crippen LogP contribution in [0.2, 0.25) is 0 Å². The summed E-state index contributed by atoms with van der Waals surface area (Å²) in [4.78, 5) is 26.2. The van der Waals surface area contributed by atoms with Crippen molar-refractivity contribution in [3.8, 4) is 0 Å². The minimum Gasteiger partial charge on any atom is -0.353 e. The molecule has 4 nitrogen and oxygen atoms in total. The zero-order valence-corrected chi connectivity index (χ0v) is 12.8. The monoisotopic (exact) mass is 330 g/mol. The van der Waals surface area contributed by atoms with Gasteiger partial charge in [0.25, 0.3) is 5.91 Å². The molecule has 0 unspecified atom stereocenters. The number of carbonyl (C=O) groups is 2. The van der Waals surface area contributed by atoms with Crippen molar-refractivity contribution in [1.29, 1.82) is 0 Å². The molecule has 1 heterocycles. The molecule has 0 aromatic heterocycles. The van der Waals surface area contributed by atoms with Crippen molar-refractivity contribution in [3.63, 3.8) is 0 Å². The van der Waals surface area contributed by atoms with E-state index >= 15 is 0 Å². The smallest absolute Gasteiger partial charge is 0.257 e. The van der Waals surface area contributed by atoms with Gasteiger partial charge in [-0.25, -0.2) is 8.78 Å². The Morgan fingerprint density at radius 3 is 2.62 bits per heavy atom. The Hall–Kier alpha value is -2.76. The van der Waals surface area contributed by atoms with Crippen molar-refractivity contribution in [2.75, 3.05) is 13.1 Å². The molecule has 0 spiro atoms. The number of benzene rings is 2. The normalized spacial score (nSPS) is 17.5. The maximum absolute atomic E-state index is 13.9. The van der Waals surface area contributed by atoms with Gasteiger partial charge in [0.15, 0.2) is 11.6 Å². The van der Waals surface area contributed by atoms with Crippen LogP contribution >= 0.6 is 0 Å². The summed E-state index contributed by atoms with van der Waals surface area (Å²) in [5.74, 6) is -3.24. The van der Waals surface area contributed by atoms with E-state index in [1.807, 2.05) is 30.3 Å². The lowest BCUT2D eigenvalue weighted by Gasteiger charge is -2.35. The lowest BCUT2D eigenvalue weighted by Crippen LogP contribution is -2.58. The van der Waals surface area contributed by atoms with Crippen LogP contribution in [0.15, 0.2) is 48.5 Å². The van der Waals surface area contributed by atoms with Crippen LogP contribution in [0.5, 0.6) is 0 Å². The lowest BCUT2D eigenvalue weighted by atomic mass is 10.0. The van der Waals surface area contributed by atoms with E-state index in [0.29, 0.717) is 6.42 Å². The number of piperazine rings is 1. The first-order valence-electron chi connectivity index (χ1n) is 7.64. The third-order valence-electron chi connectivity index (χ3n) is 4.05. The molecule has 1 aliphatic rings. The van der Waals surface area contributed by atoms with Crippen LogP contribution in [0.25, 0.3) is 0 Å². The average molecular weight is 330 g/mol. The molecule has 0 saturated carbocycles. The minimum atomic E-state index is -1.19. The van der Waals surface area contributed by atoms with E-state index in [4.69, 9.17) is 0 Å². The standard InChI is InChI=1S/C18H16F2N2O2/c19-14-8-4-7-13(16(14)20)18(24)22-10-9-21-17(23)15(22)11-12-5-2-1-3-6-12/h1-8,15H,9-11H2,(H,21,23)/t15-/m1/s1. The highest BCUT2D eigenvalue weighted by molar-refractivity contribution is 5.98. The van der Waals surface area contributed by atoms with E-state index < -0.39 is 23.6 Å². The number of amides is 2. The molecular weight excluding hydrogens is 314 g/mol. The maximum Gasteiger partial charge on any atom is 0.257 e. The Bertz CT molecular complexity index is 765. The molecule has 0 radical (unpaired) electrons. The van der Waals surface area contributed by atoms with Crippen molar-refractivity contribution in [2.24, 2.45) is 0 Å². The summed E-state index contributed by atoms with van der Waals surface area (Å²) in [6.07, 6.45) is 0.315. The predicted octanol–water partition coefficient (Wildman–Crippen LogP) is 2.15. The molecule has 6 heteroatoms. The van der Waals surface area contributed by atoms with Crippen LogP contribution in [0.3, 0.4) is 0 Å². The molecular formula is C18H16F2N2O2. The molecule has 1 fully saturated rings. The topological polar surface area (TPSA) is 49.4 Å². The first-order valence-corrected chi connectivity index (χ1v) is 7.64. The van der Waals surface area contributed by atoms with E-state index in [1.54, 1.807) is 0 Å². The van der Waals surface area contributed by atoms with Gasteiger partial charge in [-0.1, -0.05) is 36.4 Å². The zero-order valence-electron chi connectivity index (χ0n) is 12.8. The first-order chi connectivity index (χ1) is 11.6. The fourth-order valence-corrected chi connectivity index (χ4v) is 2.82. The summed E-state index contributed by atoms with van der Waals surface area (Å²) in [5, 5.41) is 2.71. The van der Waals surface area contributed by atoms with Crippen LogP contribution in [-0.2, 0) is 11.2 Å². The van der Waals surface area contributed by atoms with Crippen LogP contribution in [0.1, 0.15) is 15.9 Å². The summed E-state index contributed by atoms with van der Waals surface area (Å²) in [5.41, 5.74) is 0.528. The maximum atomic E-state index is 13.9. The third kappa shape index (κ3) is 3.13. The molecule has 2 aromatic rings. The van der Waals surface area contributed by atoms with Gasteiger partial charge < -0.3 is 10.2 Å². The molecule has 0 bridgehead atoms. The van der Waals surface area contributed by atoms with Crippen LogP contribution < -0.4 is 5.32 Å². The highest BCUT2D eigenvalue weighted by Gasteiger charge is 2.34. The number of halogens is 2. The van der Waals surface area contributed by atoms with E-state index in [0.717, 1.165) is 11.6 Å². The van der Waals surface area contributed by atoms with Gasteiger partial charge in [-0.2, -0.15) is 0 Å². The first kappa shape index (κ1) is 16.1. The number of nitrogens with zero attached hydrogens (tertiary/aromatic N) is 1. The third-order valence-corrected chi connectivity index (χ3v) is 4.05. The van der Waals surface area contributed by atoms with Crippen molar-refractivity contribution in [1.82, 2.24) is 10.2 Å². The van der Waals surface area contributed by atoms with Crippen molar-refractivity contribution in [3.05, 3.63) is 71.3 Å². The number of carbonyl (C=O) groups excluding carboxylic acids is 2. The van der Waals surface area contributed by atoms with Crippen LogP contribution in [0.4, 0.5) is 8.78 Å². The number of nitrogens with one attached hydrogen (secondary N) is 1. The number of rotatable bonds is 3. The van der Waals surface area contributed by atoms with Gasteiger partial charge in [0.05, 0.1) is 5.56 Å². The van der Waals surface area contributed by atoms with E-state index in [9.17, 15) is 18.4 Å². The van der Waals surface area contributed by atoms with Gasteiger partial charge in [0.2, 0.25) is 5.91 Å². The second-order valence-corrected chi connectivity index (χ2v) is 5.60. The Morgan fingerprint density at radius 1 is 1.12 bits per heavy atom.